The zero-order chi connectivity index (χ0) is 15.0. The Labute approximate surface area is 122 Å². The van der Waals surface area contributed by atoms with Gasteiger partial charge in [-0.1, -0.05) is 16.8 Å². The van der Waals surface area contributed by atoms with Crippen LogP contribution in [-0.2, 0) is 0 Å². The minimum absolute atomic E-state index is 0.0165. The third-order valence-electron chi connectivity index (χ3n) is 2.73. The van der Waals surface area contributed by atoms with E-state index in [0.29, 0.717) is 10.6 Å². The smallest absolute Gasteiger partial charge is 0.259 e. The molecule has 1 aromatic heterocycles. The summed E-state index contributed by atoms with van der Waals surface area (Å²) in [5.41, 5.74) is 0.464. The Kier molecular flexibility index (Phi) is 3.31. The number of aromatic nitrogens is 2. The maximum Gasteiger partial charge on any atom is 0.259 e. The maximum absolute atomic E-state index is 13.2. The second-order valence-corrected chi connectivity index (χ2v) is 4.65. The van der Waals surface area contributed by atoms with Gasteiger partial charge in [0.15, 0.2) is 0 Å². The van der Waals surface area contributed by atoms with Crippen molar-refractivity contribution in [3.05, 3.63) is 53.1 Å². The highest BCUT2D eigenvalue weighted by atomic mass is 35.5. The molecule has 0 aliphatic heterocycles. The van der Waals surface area contributed by atoms with Gasteiger partial charge in [0.25, 0.3) is 5.89 Å². The number of rotatable bonds is 2. The Balaban J connectivity index is 2.05. The van der Waals surface area contributed by atoms with E-state index in [1.165, 1.54) is 18.2 Å². The van der Waals surface area contributed by atoms with E-state index in [-0.39, 0.29) is 23.0 Å². The lowest BCUT2D eigenvalue weighted by molar-refractivity contribution is 0.431. The summed E-state index contributed by atoms with van der Waals surface area (Å²) in [6.45, 7) is 0. The molecule has 4 nitrogen and oxygen atoms in total. The van der Waals surface area contributed by atoms with Gasteiger partial charge in [-0.15, -0.1) is 0 Å². The SMILES string of the molecule is Oc1ccc(Cl)c(-c2nc(-c3cc(F)cc(F)c3)no2)c1. The van der Waals surface area contributed by atoms with Crippen molar-refractivity contribution in [2.75, 3.05) is 0 Å². The Bertz CT molecular complexity index is 800. The number of phenols is 1. The van der Waals surface area contributed by atoms with Crippen molar-refractivity contribution in [2.45, 2.75) is 0 Å². The molecule has 3 rings (SSSR count). The number of nitrogens with zero attached hydrogens (tertiary/aromatic N) is 2. The second-order valence-electron chi connectivity index (χ2n) is 4.25. The fourth-order valence-electron chi connectivity index (χ4n) is 1.81. The molecule has 0 fully saturated rings. The molecular formula is C14H7ClF2N2O2. The molecule has 0 saturated carbocycles. The molecule has 106 valence electrons. The summed E-state index contributed by atoms with van der Waals surface area (Å²) in [6, 6.07) is 7.15. The van der Waals surface area contributed by atoms with Gasteiger partial charge < -0.3 is 9.63 Å². The zero-order valence-corrected chi connectivity index (χ0v) is 11.1. The molecule has 2 aromatic carbocycles. The van der Waals surface area contributed by atoms with Crippen LogP contribution in [-0.4, -0.2) is 15.2 Å². The van der Waals surface area contributed by atoms with Crippen molar-refractivity contribution >= 4 is 11.6 Å². The number of halogens is 3. The van der Waals surface area contributed by atoms with Gasteiger partial charge in [0.2, 0.25) is 5.82 Å². The van der Waals surface area contributed by atoms with Crippen molar-refractivity contribution in [1.29, 1.82) is 0 Å². The van der Waals surface area contributed by atoms with E-state index in [1.54, 1.807) is 0 Å². The van der Waals surface area contributed by atoms with Crippen molar-refractivity contribution in [3.8, 4) is 28.6 Å². The van der Waals surface area contributed by atoms with Crippen LogP contribution in [0.25, 0.3) is 22.8 Å². The first kappa shape index (κ1) is 13.5. The lowest BCUT2D eigenvalue weighted by atomic mass is 10.2. The Morgan fingerprint density at radius 3 is 2.48 bits per heavy atom. The van der Waals surface area contributed by atoms with Crippen molar-refractivity contribution in [3.63, 3.8) is 0 Å². The highest BCUT2D eigenvalue weighted by Crippen LogP contribution is 2.31. The molecule has 0 bridgehead atoms. The maximum atomic E-state index is 13.2. The number of phenolic OH excluding ortho intramolecular Hbond substituents is 1. The van der Waals surface area contributed by atoms with Crippen LogP contribution in [0.2, 0.25) is 5.02 Å². The zero-order valence-electron chi connectivity index (χ0n) is 10.3. The van der Waals surface area contributed by atoms with Gasteiger partial charge in [0.1, 0.15) is 17.4 Å². The molecule has 21 heavy (non-hydrogen) atoms. The summed E-state index contributed by atoms with van der Waals surface area (Å²) in [6.07, 6.45) is 0. The van der Waals surface area contributed by atoms with Gasteiger partial charge in [-0.05, 0) is 30.3 Å². The monoisotopic (exact) mass is 308 g/mol. The normalized spacial score (nSPS) is 10.8. The lowest BCUT2D eigenvalue weighted by Gasteiger charge is -1.99. The van der Waals surface area contributed by atoms with Gasteiger partial charge in [-0.25, -0.2) is 8.78 Å². The molecule has 0 saturated heterocycles. The van der Waals surface area contributed by atoms with Crippen LogP contribution < -0.4 is 0 Å². The van der Waals surface area contributed by atoms with E-state index < -0.39 is 11.6 Å². The van der Waals surface area contributed by atoms with E-state index in [2.05, 4.69) is 10.1 Å². The third-order valence-corrected chi connectivity index (χ3v) is 3.06. The average molecular weight is 309 g/mol. The second kappa shape index (κ2) is 5.14. The Hall–Kier alpha value is -2.47. The summed E-state index contributed by atoms with van der Waals surface area (Å²) in [5, 5.41) is 13.4. The molecule has 0 atom stereocenters. The van der Waals surface area contributed by atoms with Crippen LogP contribution in [0.5, 0.6) is 5.75 Å². The predicted molar refractivity (Wildman–Crippen MR) is 71.8 cm³/mol. The first-order valence-electron chi connectivity index (χ1n) is 5.82. The number of benzene rings is 2. The summed E-state index contributed by atoms with van der Waals surface area (Å²) < 4.78 is 31.4. The first-order valence-corrected chi connectivity index (χ1v) is 6.20. The Morgan fingerprint density at radius 1 is 1.05 bits per heavy atom. The van der Waals surface area contributed by atoms with Gasteiger partial charge in [0, 0.05) is 11.6 Å². The molecular weight excluding hydrogens is 302 g/mol. The van der Waals surface area contributed by atoms with E-state index in [1.807, 2.05) is 0 Å². The van der Waals surface area contributed by atoms with E-state index in [0.717, 1.165) is 18.2 Å². The first-order chi connectivity index (χ1) is 10.0. The largest absolute Gasteiger partial charge is 0.508 e. The van der Waals surface area contributed by atoms with E-state index >= 15 is 0 Å². The van der Waals surface area contributed by atoms with E-state index in [4.69, 9.17) is 16.1 Å². The summed E-state index contributed by atoms with van der Waals surface area (Å²) >= 11 is 5.98. The summed E-state index contributed by atoms with van der Waals surface area (Å²) in [7, 11) is 0. The van der Waals surface area contributed by atoms with Crippen molar-refractivity contribution < 1.29 is 18.4 Å². The molecule has 0 aliphatic rings. The minimum atomic E-state index is -0.744. The van der Waals surface area contributed by atoms with Gasteiger partial charge in [-0.2, -0.15) is 4.98 Å². The third kappa shape index (κ3) is 2.71. The highest BCUT2D eigenvalue weighted by molar-refractivity contribution is 6.33. The highest BCUT2D eigenvalue weighted by Gasteiger charge is 2.15. The van der Waals surface area contributed by atoms with Gasteiger partial charge in [-0.3, -0.25) is 0 Å². The number of aromatic hydroxyl groups is 1. The molecule has 0 amide bonds. The predicted octanol–water partition coefficient (Wildman–Crippen LogP) is 4.04. The lowest BCUT2D eigenvalue weighted by Crippen LogP contribution is -1.86. The minimum Gasteiger partial charge on any atom is -0.508 e. The molecule has 0 radical (unpaired) electrons. The molecule has 0 spiro atoms. The van der Waals surface area contributed by atoms with Crippen LogP contribution in [0.4, 0.5) is 8.78 Å². The fourth-order valence-corrected chi connectivity index (χ4v) is 2.01. The standard InChI is InChI=1S/C14H7ClF2N2O2/c15-12-2-1-10(20)6-11(12)14-18-13(19-21-14)7-3-8(16)5-9(17)4-7/h1-6,20H. The average Bonchev–Trinajstić information content (AvgIpc) is 2.90. The van der Waals surface area contributed by atoms with Crippen molar-refractivity contribution in [2.24, 2.45) is 0 Å². The van der Waals surface area contributed by atoms with Crippen LogP contribution in [0.1, 0.15) is 0 Å². The summed E-state index contributed by atoms with van der Waals surface area (Å²) in [4.78, 5) is 4.03. The molecule has 7 heteroatoms. The quantitative estimate of drug-likeness (QED) is 0.776. The number of hydrogen-bond acceptors (Lipinski definition) is 4. The molecule has 1 N–H and O–H groups in total. The number of hydrogen-bond donors (Lipinski definition) is 1. The van der Waals surface area contributed by atoms with Crippen LogP contribution in [0.15, 0.2) is 40.9 Å². The van der Waals surface area contributed by atoms with Gasteiger partial charge in [0.05, 0.1) is 10.6 Å². The van der Waals surface area contributed by atoms with Crippen molar-refractivity contribution in [1.82, 2.24) is 10.1 Å². The van der Waals surface area contributed by atoms with Gasteiger partial charge >= 0.3 is 0 Å². The molecule has 1 heterocycles. The molecule has 3 aromatic rings. The van der Waals surface area contributed by atoms with Crippen LogP contribution >= 0.6 is 11.6 Å². The van der Waals surface area contributed by atoms with Crippen LogP contribution in [0, 0.1) is 11.6 Å². The fraction of sp³-hybridized carbons (Fsp3) is 0. The molecule has 0 unspecified atom stereocenters. The van der Waals surface area contributed by atoms with Crippen LogP contribution in [0.3, 0.4) is 0 Å². The topological polar surface area (TPSA) is 59.2 Å². The van der Waals surface area contributed by atoms with E-state index in [9.17, 15) is 13.9 Å². The summed E-state index contributed by atoms with van der Waals surface area (Å²) in [5.74, 6) is -1.46. The molecule has 0 aliphatic carbocycles. The Morgan fingerprint density at radius 2 is 1.76 bits per heavy atom.